The standard InChI is InChI=1S/C14H19NO3/c1-4-8-18-10-15(13(17)9-16)14-11(2)6-5-7-12(14)3/h4-7,16H,1,8-10H2,2-3H3. The van der Waals surface area contributed by atoms with E-state index in [2.05, 4.69) is 6.58 Å². The molecule has 0 spiro atoms. The van der Waals surface area contributed by atoms with Gasteiger partial charge in [-0.25, -0.2) is 0 Å². The van der Waals surface area contributed by atoms with Crippen LogP contribution in [0.5, 0.6) is 0 Å². The van der Waals surface area contributed by atoms with Crippen LogP contribution in [0.15, 0.2) is 30.9 Å². The van der Waals surface area contributed by atoms with Gasteiger partial charge in [0.25, 0.3) is 5.91 Å². The van der Waals surface area contributed by atoms with E-state index in [1.165, 1.54) is 4.90 Å². The molecule has 0 aliphatic rings. The van der Waals surface area contributed by atoms with E-state index in [-0.39, 0.29) is 12.6 Å². The molecule has 1 N–H and O–H groups in total. The number of hydrogen-bond acceptors (Lipinski definition) is 3. The van der Waals surface area contributed by atoms with Gasteiger partial charge in [0.15, 0.2) is 0 Å². The Labute approximate surface area is 107 Å². The van der Waals surface area contributed by atoms with E-state index in [0.717, 1.165) is 16.8 Å². The summed E-state index contributed by atoms with van der Waals surface area (Å²) >= 11 is 0. The molecule has 1 rings (SSSR count). The SMILES string of the molecule is C=CCOCN(C(=O)CO)c1c(C)cccc1C. The fourth-order valence-electron chi connectivity index (χ4n) is 1.81. The molecule has 1 amide bonds. The first-order valence-corrected chi connectivity index (χ1v) is 5.78. The molecule has 18 heavy (non-hydrogen) atoms. The van der Waals surface area contributed by atoms with Gasteiger partial charge in [-0.05, 0) is 25.0 Å². The number of rotatable bonds is 6. The van der Waals surface area contributed by atoms with Gasteiger partial charge < -0.3 is 9.84 Å². The molecule has 0 fully saturated rings. The Hall–Kier alpha value is -1.65. The highest BCUT2D eigenvalue weighted by Crippen LogP contribution is 2.24. The molecule has 0 unspecified atom stereocenters. The van der Waals surface area contributed by atoms with E-state index in [4.69, 9.17) is 9.84 Å². The second-order valence-electron chi connectivity index (χ2n) is 4.01. The molecule has 0 aromatic heterocycles. The number of aliphatic hydroxyl groups excluding tert-OH is 1. The first-order chi connectivity index (χ1) is 8.61. The minimum atomic E-state index is -0.536. The Kier molecular flexibility index (Phi) is 5.55. The summed E-state index contributed by atoms with van der Waals surface area (Å²) in [5, 5.41) is 9.04. The molecular weight excluding hydrogens is 230 g/mol. The van der Waals surface area contributed by atoms with E-state index in [1.807, 2.05) is 32.0 Å². The number of carbonyl (C=O) groups excluding carboxylic acids is 1. The zero-order chi connectivity index (χ0) is 13.5. The molecule has 0 saturated carbocycles. The third-order valence-corrected chi connectivity index (χ3v) is 2.60. The van der Waals surface area contributed by atoms with Crippen molar-refractivity contribution in [3.05, 3.63) is 42.0 Å². The van der Waals surface area contributed by atoms with E-state index in [9.17, 15) is 4.79 Å². The lowest BCUT2D eigenvalue weighted by molar-refractivity contribution is -0.122. The van der Waals surface area contributed by atoms with Gasteiger partial charge in [-0.15, -0.1) is 6.58 Å². The molecule has 98 valence electrons. The third kappa shape index (κ3) is 3.42. The summed E-state index contributed by atoms with van der Waals surface area (Å²) in [6.45, 7) is 7.33. The molecule has 0 radical (unpaired) electrons. The van der Waals surface area contributed by atoms with Crippen molar-refractivity contribution in [1.82, 2.24) is 0 Å². The lowest BCUT2D eigenvalue weighted by Gasteiger charge is -2.25. The maximum Gasteiger partial charge on any atom is 0.254 e. The Balaban J connectivity index is 3.01. The number of carbonyl (C=O) groups is 1. The zero-order valence-corrected chi connectivity index (χ0v) is 10.8. The van der Waals surface area contributed by atoms with E-state index < -0.39 is 6.61 Å². The fourth-order valence-corrected chi connectivity index (χ4v) is 1.81. The molecule has 1 aromatic rings. The zero-order valence-electron chi connectivity index (χ0n) is 10.8. The summed E-state index contributed by atoms with van der Waals surface area (Å²) in [6.07, 6.45) is 1.62. The number of aliphatic hydroxyl groups is 1. The van der Waals surface area contributed by atoms with E-state index in [1.54, 1.807) is 6.08 Å². The predicted molar refractivity (Wildman–Crippen MR) is 71.5 cm³/mol. The topological polar surface area (TPSA) is 49.8 Å². The highest BCUT2D eigenvalue weighted by atomic mass is 16.5. The molecule has 0 aliphatic carbocycles. The number of para-hydroxylation sites is 1. The van der Waals surface area contributed by atoms with Gasteiger partial charge in [0.1, 0.15) is 13.3 Å². The molecule has 0 saturated heterocycles. The Morgan fingerprint density at radius 3 is 2.56 bits per heavy atom. The number of ether oxygens (including phenoxy) is 1. The first kappa shape index (κ1) is 14.4. The van der Waals surface area contributed by atoms with Crippen LogP contribution in [0.3, 0.4) is 0 Å². The summed E-state index contributed by atoms with van der Waals surface area (Å²) < 4.78 is 5.31. The molecule has 1 aromatic carbocycles. The van der Waals surface area contributed by atoms with Crippen molar-refractivity contribution in [2.24, 2.45) is 0 Å². The van der Waals surface area contributed by atoms with Crippen molar-refractivity contribution >= 4 is 11.6 Å². The van der Waals surface area contributed by atoms with Crippen LogP contribution in [0.2, 0.25) is 0 Å². The van der Waals surface area contributed by atoms with Crippen LogP contribution in [0.1, 0.15) is 11.1 Å². The van der Waals surface area contributed by atoms with Crippen LogP contribution in [-0.4, -0.2) is 31.0 Å². The lowest BCUT2D eigenvalue weighted by atomic mass is 10.1. The van der Waals surface area contributed by atoms with E-state index >= 15 is 0 Å². The van der Waals surface area contributed by atoms with Crippen LogP contribution < -0.4 is 4.90 Å². The van der Waals surface area contributed by atoms with Gasteiger partial charge in [-0.2, -0.15) is 0 Å². The van der Waals surface area contributed by atoms with Crippen molar-refractivity contribution in [2.45, 2.75) is 13.8 Å². The fraction of sp³-hybridized carbons (Fsp3) is 0.357. The second kappa shape index (κ2) is 6.93. The smallest absolute Gasteiger partial charge is 0.254 e. The number of amides is 1. The maximum atomic E-state index is 11.8. The Bertz CT molecular complexity index is 409. The van der Waals surface area contributed by atoms with Crippen molar-refractivity contribution < 1.29 is 14.6 Å². The minimum Gasteiger partial charge on any atom is -0.387 e. The number of nitrogens with zero attached hydrogens (tertiary/aromatic N) is 1. The highest BCUT2D eigenvalue weighted by Gasteiger charge is 2.18. The molecule has 0 aliphatic heterocycles. The van der Waals surface area contributed by atoms with Crippen molar-refractivity contribution in [1.29, 1.82) is 0 Å². The number of anilines is 1. The molecule has 0 bridgehead atoms. The van der Waals surface area contributed by atoms with Gasteiger partial charge in [-0.1, -0.05) is 24.3 Å². The quantitative estimate of drug-likeness (QED) is 0.475. The molecular formula is C14H19NO3. The predicted octanol–water partition coefficient (Wildman–Crippen LogP) is 1.79. The minimum absolute atomic E-state index is 0.108. The van der Waals surface area contributed by atoms with Gasteiger partial charge in [0, 0.05) is 0 Å². The van der Waals surface area contributed by atoms with Crippen molar-refractivity contribution in [3.63, 3.8) is 0 Å². The van der Waals surface area contributed by atoms with Crippen LogP contribution in [0, 0.1) is 13.8 Å². The summed E-state index contributed by atoms with van der Waals surface area (Å²) in [5.41, 5.74) is 2.73. The summed E-state index contributed by atoms with van der Waals surface area (Å²) in [4.78, 5) is 13.2. The van der Waals surface area contributed by atoms with E-state index in [0.29, 0.717) is 6.61 Å². The van der Waals surface area contributed by atoms with Gasteiger partial charge in [-0.3, -0.25) is 9.69 Å². The molecule has 0 atom stereocenters. The first-order valence-electron chi connectivity index (χ1n) is 5.78. The maximum absolute atomic E-state index is 11.8. The van der Waals surface area contributed by atoms with Crippen molar-refractivity contribution in [3.8, 4) is 0 Å². The Morgan fingerprint density at radius 2 is 2.06 bits per heavy atom. The van der Waals surface area contributed by atoms with Crippen LogP contribution in [-0.2, 0) is 9.53 Å². The van der Waals surface area contributed by atoms with Gasteiger partial charge in [0.2, 0.25) is 0 Å². The van der Waals surface area contributed by atoms with Crippen LogP contribution >= 0.6 is 0 Å². The second-order valence-corrected chi connectivity index (χ2v) is 4.01. The summed E-state index contributed by atoms with van der Waals surface area (Å²) in [7, 11) is 0. The largest absolute Gasteiger partial charge is 0.387 e. The molecule has 4 heteroatoms. The average molecular weight is 249 g/mol. The monoisotopic (exact) mass is 249 g/mol. The third-order valence-electron chi connectivity index (χ3n) is 2.60. The summed E-state index contributed by atoms with van der Waals surface area (Å²) in [5.74, 6) is -0.378. The van der Waals surface area contributed by atoms with Crippen molar-refractivity contribution in [2.75, 3.05) is 24.8 Å². The Morgan fingerprint density at radius 1 is 1.44 bits per heavy atom. The highest BCUT2D eigenvalue weighted by molar-refractivity contribution is 5.95. The van der Waals surface area contributed by atoms with Crippen LogP contribution in [0.4, 0.5) is 5.69 Å². The summed E-state index contributed by atoms with van der Waals surface area (Å²) in [6, 6.07) is 5.78. The number of benzene rings is 1. The van der Waals surface area contributed by atoms with Crippen LogP contribution in [0.25, 0.3) is 0 Å². The molecule has 0 heterocycles. The number of aryl methyl sites for hydroxylation is 2. The average Bonchev–Trinajstić information content (AvgIpc) is 2.36. The van der Waals surface area contributed by atoms with Gasteiger partial charge >= 0.3 is 0 Å². The van der Waals surface area contributed by atoms with Gasteiger partial charge in [0.05, 0.1) is 12.3 Å². The lowest BCUT2D eigenvalue weighted by Crippen LogP contribution is -2.36. The normalized spacial score (nSPS) is 10.2. The number of hydrogen-bond donors (Lipinski definition) is 1. The molecule has 4 nitrogen and oxygen atoms in total.